The highest BCUT2D eigenvalue weighted by Crippen LogP contribution is 2.48. The van der Waals surface area contributed by atoms with E-state index in [2.05, 4.69) is 25.9 Å². The lowest BCUT2D eigenvalue weighted by atomic mass is 9.59. The Kier molecular flexibility index (Phi) is 22.3. The first-order valence-corrected chi connectivity index (χ1v) is 23.0. The number of amides is 3. The van der Waals surface area contributed by atoms with Crippen LogP contribution in [0.4, 0.5) is 0 Å². The minimum Gasteiger partial charge on any atom is -0.748 e. The van der Waals surface area contributed by atoms with Crippen molar-refractivity contribution in [2.24, 2.45) is 57.5 Å². The molecule has 1 aromatic heterocycles. The molecule has 6 unspecified atom stereocenters. The highest BCUT2D eigenvalue weighted by Gasteiger charge is 2.53. The molecular weight excluding hydrogens is 843 g/mol. The number of hydrogen-bond donors (Lipinski definition) is 8. The Morgan fingerprint density at radius 2 is 1.32 bits per heavy atom. The molecule has 0 spiro atoms. The molecule has 0 aliphatic rings. The summed E-state index contributed by atoms with van der Waals surface area (Å²) >= 11 is 0. The first kappa shape index (κ1) is 56.8. The Labute approximate surface area is 372 Å². The molecule has 0 aliphatic carbocycles. The third kappa shape index (κ3) is 19.6. The number of nitrogens with two attached hydrogens (primary N) is 1. The summed E-state index contributed by atoms with van der Waals surface area (Å²) in [6, 6.07) is 0. The molecule has 0 saturated heterocycles. The van der Waals surface area contributed by atoms with Crippen LogP contribution in [0.3, 0.4) is 0 Å². The largest absolute Gasteiger partial charge is 0.748 e. The summed E-state index contributed by atoms with van der Waals surface area (Å²) < 4.78 is 38.9. The van der Waals surface area contributed by atoms with E-state index < -0.39 is 110 Å². The fourth-order valence-corrected chi connectivity index (χ4v) is 9.26. The van der Waals surface area contributed by atoms with E-state index in [4.69, 9.17) is 10.5 Å². The van der Waals surface area contributed by atoms with Crippen molar-refractivity contribution < 1.29 is 66.3 Å². The van der Waals surface area contributed by atoms with Crippen molar-refractivity contribution in [1.82, 2.24) is 25.9 Å². The molecule has 362 valence electrons. The summed E-state index contributed by atoms with van der Waals surface area (Å²) in [4.78, 5) is 88.4. The van der Waals surface area contributed by atoms with Gasteiger partial charge in [0.05, 0.1) is 86.4 Å². The molecule has 63 heavy (non-hydrogen) atoms. The minimum absolute atomic E-state index is 0.0541. The van der Waals surface area contributed by atoms with Crippen LogP contribution in [-0.4, -0.2) is 151 Å². The number of aliphatic carboxylic acids is 3. The summed E-state index contributed by atoms with van der Waals surface area (Å²) in [5.41, 5.74) is 2.28. The van der Waals surface area contributed by atoms with E-state index in [1.807, 2.05) is 14.1 Å². The van der Waals surface area contributed by atoms with Gasteiger partial charge in [-0.3, -0.25) is 28.8 Å². The second-order valence-electron chi connectivity index (χ2n) is 19.7. The van der Waals surface area contributed by atoms with Gasteiger partial charge in [-0.1, -0.05) is 55.4 Å². The van der Waals surface area contributed by atoms with Gasteiger partial charge in [-0.2, -0.15) is 0 Å². The maximum absolute atomic E-state index is 14.5. The van der Waals surface area contributed by atoms with Gasteiger partial charge in [-0.25, -0.2) is 13.4 Å². The number of hydrogen-bond acceptors (Lipinski definition) is 12. The molecule has 1 aromatic rings. The third-order valence-electron chi connectivity index (χ3n) is 11.7. The Morgan fingerprint density at radius 1 is 0.778 bits per heavy atom. The molecule has 0 aliphatic heterocycles. The van der Waals surface area contributed by atoms with Crippen molar-refractivity contribution >= 4 is 45.7 Å². The van der Waals surface area contributed by atoms with Gasteiger partial charge in [-0.05, 0) is 29.1 Å². The minimum atomic E-state index is -4.37. The van der Waals surface area contributed by atoms with Crippen LogP contribution in [0.5, 0.6) is 0 Å². The number of quaternary nitrogens is 1. The molecule has 21 heteroatoms. The molecular formula is C42H75N7O13S. The third-order valence-corrected chi connectivity index (χ3v) is 12.5. The van der Waals surface area contributed by atoms with Gasteiger partial charge in [0.2, 0.25) is 17.7 Å². The van der Waals surface area contributed by atoms with Crippen molar-refractivity contribution in [2.45, 2.75) is 87.5 Å². The van der Waals surface area contributed by atoms with Crippen LogP contribution in [0.25, 0.3) is 0 Å². The molecule has 0 aromatic carbocycles. The molecule has 20 nitrogen and oxygen atoms in total. The van der Waals surface area contributed by atoms with Crippen LogP contribution in [0.15, 0.2) is 12.5 Å². The number of nitrogens with one attached hydrogen (secondary N) is 4. The van der Waals surface area contributed by atoms with Gasteiger partial charge in [0.15, 0.2) is 0 Å². The summed E-state index contributed by atoms with van der Waals surface area (Å²) in [6.45, 7) is 14.5. The number of ether oxygens (including phenoxy) is 1. The monoisotopic (exact) mass is 918 g/mol. The maximum atomic E-state index is 14.5. The van der Waals surface area contributed by atoms with Crippen LogP contribution in [-0.2, 0) is 50.0 Å². The molecule has 9 N–H and O–H groups in total. The number of rotatable bonds is 31. The first-order valence-electron chi connectivity index (χ1n) is 21.4. The average Bonchev–Trinajstić information content (AvgIpc) is 3.64. The van der Waals surface area contributed by atoms with Crippen LogP contribution < -0.4 is 21.7 Å². The standard InChI is InChI=1S/C42H75N7O13S/c1-27(34(50)47-17-21-62-20-14-43)31(38(55)56)41(5,6)24-30(37(53)54)32(36(52)46-16-13-28-25-44-26-48-28)42(7,8)23-29(33(39(57)58)40(2,3)4)35(51)45-15-11-18-49(9,10)19-12-22-63(59,60)61/h25-27,29-33H,11-24,43H2,1-10H3,(H7-,44,45,46,47,48,50,51,52,53,54,55,56,57,58,59,60,61). The van der Waals surface area contributed by atoms with E-state index in [9.17, 15) is 57.1 Å². The number of carboxylic acids is 3. The fraction of sp³-hybridized carbons (Fsp3) is 0.786. The SMILES string of the molecule is CC(C(=O)NCCOCCN)C(C(=O)O)C(C)(C)CC(C(=O)O)C(C(=O)NCCc1cnc[nH]1)C(C)(C)CC(C(=O)NCCC[N+](C)(C)CCCS(=O)(=O)[O-])C(C(=O)O)C(C)(C)C. The van der Waals surface area contributed by atoms with E-state index in [-0.39, 0.29) is 52.2 Å². The van der Waals surface area contributed by atoms with Gasteiger partial charge >= 0.3 is 17.9 Å². The molecule has 0 fully saturated rings. The number of aromatic nitrogens is 2. The zero-order chi connectivity index (χ0) is 48.6. The summed E-state index contributed by atoms with van der Waals surface area (Å²) in [5, 5.41) is 40.4. The van der Waals surface area contributed by atoms with Crippen molar-refractivity contribution in [1.29, 1.82) is 0 Å². The Balaban J connectivity index is 3.68. The van der Waals surface area contributed by atoms with E-state index >= 15 is 0 Å². The average molecular weight is 918 g/mol. The van der Waals surface area contributed by atoms with Crippen LogP contribution in [0.1, 0.15) is 86.8 Å². The predicted molar refractivity (Wildman–Crippen MR) is 233 cm³/mol. The Morgan fingerprint density at radius 3 is 1.83 bits per heavy atom. The van der Waals surface area contributed by atoms with Crippen molar-refractivity contribution in [2.75, 3.05) is 72.3 Å². The normalized spacial score (nSPS) is 15.6. The van der Waals surface area contributed by atoms with Crippen molar-refractivity contribution in [3.05, 3.63) is 18.2 Å². The molecule has 0 bridgehead atoms. The van der Waals surface area contributed by atoms with Gasteiger partial charge in [0.1, 0.15) is 0 Å². The van der Waals surface area contributed by atoms with Gasteiger partial charge in [-0.15, -0.1) is 0 Å². The lowest BCUT2D eigenvalue weighted by Gasteiger charge is -2.44. The lowest BCUT2D eigenvalue weighted by molar-refractivity contribution is -0.890. The second kappa shape index (κ2) is 24.8. The van der Waals surface area contributed by atoms with Crippen LogP contribution in [0.2, 0.25) is 0 Å². The number of nitrogens with zero attached hydrogens (tertiary/aromatic N) is 2. The van der Waals surface area contributed by atoms with Gasteiger partial charge in [0.25, 0.3) is 0 Å². The van der Waals surface area contributed by atoms with Crippen LogP contribution in [0, 0.1) is 51.8 Å². The van der Waals surface area contributed by atoms with E-state index in [0.717, 1.165) is 0 Å². The Bertz CT molecular complexity index is 1760. The molecule has 3 amide bonds. The quantitative estimate of drug-likeness (QED) is 0.0298. The van der Waals surface area contributed by atoms with E-state index in [1.54, 1.807) is 40.8 Å². The lowest BCUT2D eigenvalue weighted by Crippen LogP contribution is -2.52. The van der Waals surface area contributed by atoms with Crippen molar-refractivity contribution in [3.8, 4) is 0 Å². The molecule has 0 radical (unpaired) electrons. The fourth-order valence-electron chi connectivity index (χ4n) is 8.78. The highest BCUT2D eigenvalue weighted by atomic mass is 32.2. The molecule has 6 atom stereocenters. The van der Waals surface area contributed by atoms with E-state index in [0.29, 0.717) is 36.1 Å². The number of carboxylic acid groups (broad SMARTS) is 3. The predicted octanol–water partition coefficient (Wildman–Crippen LogP) is 1.53. The number of imidazole rings is 1. The summed E-state index contributed by atoms with van der Waals surface area (Å²) in [5.74, 6) is -14.7. The maximum Gasteiger partial charge on any atom is 0.307 e. The van der Waals surface area contributed by atoms with Crippen LogP contribution >= 0.6 is 0 Å². The number of carbonyl (C=O) groups is 6. The molecule has 1 rings (SSSR count). The van der Waals surface area contributed by atoms with Gasteiger partial charge in [0, 0.05) is 69.0 Å². The molecule has 0 saturated carbocycles. The summed E-state index contributed by atoms with van der Waals surface area (Å²) in [7, 11) is -0.675. The van der Waals surface area contributed by atoms with Gasteiger partial charge < -0.3 is 55.8 Å². The summed E-state index contributed by atoms with van der Waals surface area (Å²) in [6.07, 6.45) is 3.23. The zero-order valence-corrected chi connectivity index (χ0v) is 39.6. The van der Waals surface area contributed by atoms with E-state index in [1.165, 1.54) is 27.1 Å². The molecule has 1 heterocycles. The topological polar surface area (TPSA) is 320 Å². The zero-order valence-electron chi connectivity index (χ0n) is 38.8. The smallest absolute Gasteiger partial charge is 0.307 e. The Hall–Kier alpha value is -4.18. The first-order chi connectivity index (χ1) is 28.9. The second-order valence-corrected chi connectivity index (χ2v) is 21.2. The number of H-pyrrole nitrogens is 1. The number of aromatic amines is 1. The number of carbonyl (C=O) groups excluding carboxylic acids is 3. The highest BCUT2D eigenvalue weighted by molar-refractivity contribution is 7.85. The van der Waals surface area contributed by atoms with Crippen molar-refractivity contribution in [3.63, 3.8) is 0 Å².